The van der Waals surface area contributed by atoms with Crippen LogP contribution in [0.25, 0.3) is 21.7 Å². The number of nitrogens with zero attached hydrogens (tertiary/aromatic N) is 6. The van der Waals surface area contributed by atoms with Gasteiger partial charge in [0, 0.05) is 40.9 Å². The SMILES string of the molecule is CN1CCc2c(sc3c2c(=O)n(-c2cccc(Cl)c2)c2nnc(SCc4ccc([N+](=O)[O-])cc4)n32)C1. The number of non-ortho nitro benzene ring substituents is 1. The first-order chi connectivity index (χ1) is 17.4. The van der Waals surface area contributed by atoms with E-state index >= 15 is 0 Å². The Balaban J connectivity index is 1.53. The summed E-state index contributed by atoms with van der Waals surface area (Å²) in [5.74, 6) is 0.970. The molecular weight excluding hydrogens is 520 g/mol. The quantitative estimate of drug-likeness (QED) is 0.177. The van der Waals surface area contributed by atoms with Crippen molar-refractivity contribution in [3.05, 3.63) is 90.0 Å². The second-order valence-corrected chi connectivity index (χ2v) is 11.1. The van der Waals surface area contributed by atoms with Gasteiger partial charge in [0.25, 0.3) is 11.2 Å². The molecule has 4 heterocycles. The van der Waals surface area contributed by atoms with Gasteiger partial charge in [-0.25, -0.2) is 8.97 Å². The van der Waals surface area contributed by atoms with E-state index in [4.69, 9.17) is 11.6 Å². The highest BCUT2D eigenvalue weighted by atomic mass is 35.5. The van der Waals surface area contributed by atoms with Gasteiger partial charge >= 0.3 is 0 Å². The number of nitro groups is 1. The highest BCUT2D eigenvalue weighted by molar-refractivity contribution is 7.98. The molecule has 1 aliphatic rings. The lowest BCUT2D eigenvalue weighted by Crippen LogP contribution is -2.27. The third-order valence-electron chi connectivity index (χ3n) is 6.25. The Morgan fingerprint density at radius 1 is 1.19 bits per heavy atom. The van der Waals surface area contributed by atoms with Gasteiger partial charge in [-0.1, -0.05) is 41.6 Å². The maximum atomic E-state index is 13.9. The molecule has 0 bridgehead atoms. The number of halogens is 1. The molecule has 0 radical (unpaired) electrons. The third-order valence-corrected chi connectivity index (χ3v) is 8.68. The summed E-state index contributed by atoms with van der Waals surface area (Å²) >= 11 is 9.36. The first-order valence-electron chi connectivity index (χ1n) is 11.2. The number of likely N-dealkylation sites (N-methyl/N-ethyl adjacent to an activating group) is 1. The van der Waals surface area contributed by atoms with Crippen molar-refractivity contribution in [2.24, 2.45) is 0 Å². The predicted molar refractivity (Wildman–Crippen MR) is 142 cm³/mol. The maximum absolute atomic E-state index is 13.9. The molecule has 0 atom stereocenters. The van der Waals surface area contributed by atoms with Gasteiger partial charge < -0.3 is 4.90 Å². The molecule has 0 unspecified atom stereocenters. The van der Waals surface area contributed by atoms with E-state index in [-0.39, 0.29) is 11.2 Å². The molecule has 9 nitrogen and oxygen atoms in total. The summed E-state index contributed by atoms with van der Waals surface area (Å²) in [5.41, 5.74) is 2.58. The number of thiophene rings is 1. The summed E-state index contributed by atoms with van der Waals surface area (Å²) in [5, 5.41) is 21.7. The summed E-state index contributed by atoms with van der Waals surface area (Å²) in [4.78, 5) is 28.7. The van der Waals surface area contributed by atoms with E-state index in [0.29, 0.717) is 32.8 Å². The minimum atomic E-state index is -0.412. The van der Waals surface area contributed by atoms with Gasteiger partial charge in [-0.15, -0.1) is 21.5 Å². The second kappa shape index (κ2) is 9.00. The van der Waals surface area contributed by atoms with Gasteiger partial charge in [-0.2, -0.15) is 0 Å². The standard InChI is InChI=1S/C24H19ClN6O3S2/c1-28-10-9-18-19(12-28)36-22-20(18)21(32)29(17-4-2-3-15(25)11-17)23-26-27-24(30(22)23)35-13-14-5-7-16(8-6-14)31(33)34/h2-8,11H,9-10,12-13H2,1H3. The Morgan fingerprint density at radius 2 is 2.00 bits per heavy atom. The molecule has 36 heavy (non-hydrogen) atoms. The smallest absolute Gasteiger partial charge is 0.269 e. The largest absolute Gasteiger partial charge is 0.301 e. The van der Waals surface area contributed by atoms with Crippen molar-refractivity contribution in [3.63, 3.8) is 0 Å². The first kappa shape index (κ1) is 23.2. The van der Waals surface area contributed by atoms with Gasteiger partial charge in [-0.05, 0) is 42.8 Å². The number of benzene rings is 2. The number of nitro benzene ring substituents is 1. The third kappa shape index (κ3) is 3.88. The van der Waals surface area contributed by atoms with Crippen LogP contribution < -0.4 is 5.56 Å². The van der Waals surface area contributed by atoms with Crippen molar-refractivity contribution in [2.45, 2.75) is 23.9 Å². The van der Waals surface area contributed by atoms with Crippen molar-refractivity contribution in [3.8, 4) is 5.69 Å². The molecule has 182 valence electrons. The second-order valence-electron chi connectivity index (χ2n) is 8.62. The zero-order valence-corrected chi connectivity index (χ0v) is 21.4. The molecule has 12 heteroatoms. The first-order valence-corrected chi connectivity index (χ1v) is 13.3. The fourth-order valence-electron chi connectivity index (χ4n) is 4.49. The molecule has 6 rings (SSSR count). The van der Waals surface area contributed by atoms with Gasteiger partial charge in [-0.3, -0.25) is 14.9 Å². The number of hydrogen-bond acceptors (Lipinski definition) is 8. The van der Waals surface area contributed by atoms with Crippen LogP contribution in [0.2, 0.25) is 5.02 Å². The Kier molecular flexibility index (Phi) is 5.79. The summed E-state index contributed by atoms with van der Waals surface area (Å²) in [6.45, 7) is 1.68. The highest BCUT2D eigenvalue weighted by Gasteiger charge is 2.26. The Labute approximate surface area is 218 Å². The lowest BCUT2D eigenvalue weighted by Gasteiger charge is -2.21. The topological polar surface area (TPSA) is 98.6 Å². The predicted octanol–water partition coefficient (Wildman–Crippen LogP) is 4.94. The fraction of sp³-hybridized carbons (Fsp3) is 0.208. The monoisotopic (exact) mass is 538 g/mol. The fourth-order valence-corrected chi connectivity index (χ4v) is 7.03. The molecule has 0 amide bonds. The van der Waals surface area contributed by atoms with Crippen molar-refractivity contribution in [1.29, 1.82) is 0 Å². The van der Waals surface area contributed by atoms with E-state index < -0.39 is 4.92 Å². The molecular formula is C24H19ClN6O3S2. The number of aromatic nitrogens is 4. The van der Waals surface area contributed by atoms with Crippen LogP contribution in [0.1, 0.15) is 16.0 Å². The minimum Gasteiger partial charge on any atom is -0.301 e. The summed E-state index contributed by atoms with van der Waals surface area (Å²) in [6, 6.07) is 13.6. The molecule has 1 aliphatic heterocycles. The van der Waals surface area contributed by atoms with Crippen molar-refractivity contribution >= 4 is 56.4 Å². The van der Waals surface area contributed by atoms with E-state index in [2.05, 4.69) is 22.1 Å². The molecule has 0 aliphatic carbocycles. The minimum absolute atomic E-state index is 0.0538. The zero-order chi connectivity index (χ0) is 25.0. The van der Waals surface area contributed by atoms with E-state index in [1.54, 1.807) is 40.2 Å². The van der Waals surface area contributed by atoms with Gasteiger partial charge in [0.2, 0.25) is 5.78 Å². The van der Waals surface area contributed by atoms with Crippen LogP contribution in [0.4, 0.5) is 5.69 Å². The number of hydrogen-bond donors (Lipinski definition) is 0. The lowest BCUT2D eigenvalue weighted by atomic mass is 10.1. The molecule has 0 fully saturated rings. The Bertz CT molecular complexity index is 1710. The molecule has 2 aromatic carbocycles. The van der Waals surface area contributed by atoms with Crippen LogP contribution in [-0.2, 0) is 18.7 Å². The van der Waals surface area contributed by atoms with Crippen LogP contribution >= 0.6 is 34.7 Å². The molecule has 3 aromatic heterocycles. The molecule has 0 N–H and O–H groups in total. The van der Waals surface area contributed by atoms with Crippen LogP contribution in [0.3, 0.4) is 0 Å². The van der Waals surface area contributed by atoms with Crippen LogP contribution in [0, 0.1) is 10.1 Å². The average molecular weight is 539 g/mol. The van der Waals surface area contributed by atoms with Crippen molar-refractivity contribution in [1.82, 2.24) is 24.1 Å². The number of thioether (sulfide) groups is 1. The summed E-state index contributed by atoms with van der Waals surface area (Å²) in [6.07, 6.45) is 0.801. The van der Waals surface area contributed by atoms with Crippen LogP contribution in [0.15, 0.2) is 58.5 Å². The van der Waals surface area contributed by atoms with Crippen molar-refractivity contribution in [2.75, 3.05) is 13.6 Å². The number of rotatable bonds is 5. The van der Waals surface area contributed by atoms with E-state index in [0.717, 1.165) is 35.5 Å². The normalized spacial score (nSPS) is 13.9. The maximum Gasteiger partial charge on any atom is 0.269 e. The molecule has 5 aromatic rings. The van der Waals surface area contributed by atoms with Crippen LogP contribution in [0.5, 0.6) is 0 Å². The van der Waals surface area contributed by atoms with Gasteiger partial charge in [0.15, 0.2) is 5.16 Å². The highest BCUT2D eigenvalue weighted by Crippen LogP contribution is 2.36. The van der Waals surface area contributed by atoms with Gasteiger partial charge in [0.05, 0.1) is 16.0 Å². The Hall–Kier alpha value is -3.25. The molecule has 0 saturated heterocycles. The van der Waals surface area contributed by atoms with E-state index in [1.807, 2.05) is 16.5 Å². The molecule has 0 spiro atoms. The molecule has 0 saturated carbocycles. The van der Waals surface area contributed by atoms with Gasteiger partial charge in [0.1, 0.15) is 4.83 Å². The summed E-state index contributed by atoms with van der Waals surface area (Å²) in [7, 11) is 2.08. The number of fused-ring (bicyclic) bond motifs is 5. The Morgan fingerprint density at radius 3 is 2.75 bits per heavy atom. The van der Waals surface area contributed by atoms with E-state index in [9.17, 15) is 14.9 Å². The zero-order valence-electron chi connectivity index (χ0n) is 19.0. The van der Waals surface area contributed by atoms with Crippen molar-refractivity contribution < 1.29 is 4.92 Å². The van der Waals surface area contributed by atoms with E-state index in [1.165, 1.54) is 28.8 Å². The lowest BCUT2D eigenvalue weighted by molar-refractivity contribution is -0.384. The van der Waals surface area contributed by atoms with Crippen LogP contribution in [-0.4, -0.2) is 42.6 Å². The summed E-state index contributed by atoms with van der Waals surface area (Å²) < 4.78 is 3.54. The average Bonchev–Trinajstić information content (AvgIpc) is 3.44.